The Morgan fingerprint density at radius 2 is 2.12 bits per heavy atom. The quantitative estimate of drug-likeness (QED) is 0.421. The molecule has 42 valence electrons. The number of carbonyl (C=O) groups is 1. The second kappa shape index (κ2) is 5.59. The molecule has 2 nitrogen and oxygen atoms in total. The summed E-state index contributed by atoms with van der Waals surface area (Å²) in [6.45, 7) is 1.59. The third-order valence-corrected chi connectivity index (χ3v) is 1.64. The van der Waals surface area contributed by atoms with E-state index in [4.69, 9.17) is 5.11 Å². The van der Waals surface area contributed by atoms with Crippen LogP contribution in [0, 0.1) is 0 Å². The van der Waals surface area contributed by atoms with Crippen LogP contribution in [-0.2, 0) is 26.5 Å². The van der Waals surface area contributed by atoms with E-state index < -0.39 is 5.97 Å². The molecule has 0 aliphatic carbocycles. The summed E-state index contributed by atoms with van der Waals surface area (Å²) in [5.74, 6) is -0.810. The Labute approximate surface area is 71.3 Å². The zero-order valence-corrected chi connectivity index (χ0v) is 8.49. The summed E-state index contributed by atoms with van der Waals surface area (Å²) in [6, 6.07) is 0. The van der Waals surface area contributed by atoms with Gasteiger partial charge in [0.15, 0.2) is 0 Å². The van der Waals surface area contributed by atoms with Crippen molar-refractivity contribution in [2.75, 3.05) is 0 Å². The molecule has 0 aliphatic rings. The Morgan fingerprint density at radius 1 is 1.75 bits per heavy atom. The molecule has 0 heterocycles. The smallest absolute Gasteiger partial charge is 0.329 e. The second-order valence-corrected chi connectivity index (χ2v) is 1.85. The molecule has 4 heteroatoms. The molecule has 8 heavy (non-hydrogen) atoms. The zero-order valence-electron chi connectivity index (χ0n) is 4.93. The summed E-state index contributed by atoms with van der Waals surface area (Å²) in [6.07, 6.45) is 0. The van der Waals surface area contributed by atoms with Crippen molar-refractivity contribution in [1.82, 2.24) is 0 Å². The first-order chi connectivity index (χ1) is 3.18. The van der Waals surface area contributed by atoms with Crippen molar-refractivity contribution in [3.8, 4) is 0 Å². The minimum atomic E-state index is -0.810. The van der Waals surface area contributed by atoms with Gasteiger partial charge in [-0.1, -0.05) is 0 Å². The molecule has 0 atom stereocenters. The van der Waals surface area contributed by atoms with Gasteiger partial charge in [-0.3, -0.25) is 0 Å². The molecule has 0 fully saturated rings. The largest absolute Gasteiger partial charge is 0.478 e. The van der Waals surface area contributed by atoms with Crippen molar-refractivity contribution in [2.45, 2.75) is 6.92 Å². The summed E-state index contributed by atoms with van der Waals surface area (Å²) < 4.78 is 0. The predicted octanol–water partition coefficient (Wildman–Crippen LogP) is -0.395. The maximum Gasteiger partial charge on any atom is 0.329 e. The van der Waals surface area contributed by atoms with E-state index in [1.54, 1.807) is 11.9 Å². The van der Waals surface area contributed by atoms with E-state index in [-0.39, 0.29) is 21.7 Å². The van der Waals surface area contributed by atoms with Crippen molar-refractivity contribution in [2.24, 2.45) is 0 Å². The molecule has 0 unspecified atom stereocenters. The maximum atomic E-state index is 9.88. The average molecular weight is 162 g/mol. The first-order valence-corrected chi connectivity index (χ1v) is 3.20. The SMILES string of the molecule is CC(=[CH][AlH2])C(=O)O.[Ti]. The van der Waals surface area contributed by atoms with Crippen LogP contribution in [0.4, 0.5) is 0 Å². The molecular weight excluding hydrogens is 155 g/mol. The fourth-order valence-electron chi connectivity index (χ4n) is 0.123. The van der Waals surface area contributed by atoms with Gasteiger partial charge in [0.1, 0.15) is 0 Å². The number of carboxylic acid groups (broad SMARTS) is 1. The summed E-state index contributed by atoms with van der Waals surface area (Å²) in [7, 11) is 0. The van der Waals surface area contributed by atoms with E-state index in [9.17, 15) is 4.79 Å². The second-order valence-electron chi connectivity index (χ2n) is 1.28. The van der Waals surface area contributed by atoms with Crippen LogP contribution in [0.3, 0.4) is 0 Å². The molecule has 0 aromatic rings. The number of aliphatic carboxylic acids is 1. The zero-order chi connectivity index (χ0) is 5.86. The molecule has 0 bridgehead atoms. The molecule has 0 aliphatic heterocycles. The van der Waals surface area contributed by atoms with Gasteiger partial charge in [-0.15, -0.1) is 4.94 Å². The minimum Gasteiger partial charge on any atom is -0.478 e. The van der Waals surface area contributed by atoms with Crippen LogP contribution >= 0.6 is 0 Å². The molecule has 0 radical (unpaired) electrons. The molecule has 0 aromatic carbocycles. The normalized spacial score (nSPS) is 9.88. The summed E-state index contributed by atoms with van der Waals surface area (Å²) in [5, 5.41) is 8.14. The monoisotopic (exact) mass is 162 g/mol. The third-order valence-electron chi connectivity index (χ3n) is 0.770. The van der Waals surface area contributed by atoms with Gasteiger partial charge in [0.2, 0.25) is 16.3 Å². The van der Waals surface area contributed by atoms with E-state index >= 15 is 0 Å². The van der Waals surface area contributed by atoms with Gasteiger partial charge in [-0.25, -0.2) is 4.79 Å². The molecule has 0 aromatic heterocycles. The van der Waals surface area contributed by atoms with Crippen molar-refractivity contribution >= 4 is 22.3 Å². The van der Waals surface area contributed by atoms with Crippen LogP contribution < -0.4 is 0 Å². The number of hydrogen-bond donors (Lipinski definition) is 1. The number of rotatable bonds is 1. The Morgan fingerprint density at radius 3 is 2.12 bits per heavy atom. The maximum absolute atomic E-state index is 9.88. The van der Waals surface area contributed by atoms with E-state index in [1.807, 2.05) is 0 Å². The summed E-state index contributed by atoms with van der Waals surface area (Å²) in [5.41, 5.74) is 0.451. The van der Waals surface area contributed by atoms with Gasteiger partial charge in [0.25, 0.3) is 0 Å². The molecule has 0 rings (SSSR count). The van der Waals surface area contributed by atoms with Gasteiger partial charge in [0, 0.05) is 27.3 Å². The van der Waals surface area contributed by atoms with Crippen molar-refractivity contribution in [3.05, 3.63) is 10.5 Å². The van der Waals surface area contributed by atoms with Crippen LogP contribution in [0.2, 0.25) is 0 Å². The Kier molecular flexibility index (Phi) is 7.88. The van der Waals surface area contributed by atoms with Crippen molar-refractivity contribution < 1.29 is 31.6 Å². The number of hydrogen-bond acceptors (Lipinski definition) is 1. The van der Waals surface area contributed by atoms with Gasteiger partial charge >= 0.3 is 5.97 Å². The predicted molar refractivity (Wildman–Crippen MR) is 29.9 cm³/mol. The molecule has 0 saturated heterocycles. The Balaban J connectivity index is 0. The van der Waals surface area contributed by atoms with Gasteiger partial charge < -0.3 is 5.11 Å². The van der Waals surface area contributed by atoms with Crippen molar-refractivity contribution in [1.29, 1.82) is 0 Å². The molecule has 0 spiro atoms. The van der Waals surface area contributed by atoms with Crippen LogP contribution in [0.25, 0.3) is 0 Å². The molecule has 0 saturated carbocycles. The van der Waals surface area contributed by atoms with E-state index in [2.05, 4.69) is 0 Å². The average Bonchev–Trinajstić information content (AvgIpc) is 1.65. The Hall–Kier alpha value is 0.457. The number of carboxylic acids is 1. The topological polar surface area (TPSA) is 37.3 Å². The van der Waals surface area contributed by atoms with Crippen LogP contribution in [0.5, 0.6) is 0 Å². The van der Waals surface area contributed by atoms with E-state index in [1.165, 1.54) is 0 Å². The van der Waals surface area contributed by atoms with Gasteiger partial charge in [0.05, 0.1) is 0 Å². The summed E-state index contributed by atoms with van der Waals surface area (Å²) >= 11 is 0.828. The molecule has 0 amide bonds. The third kappa shape index (κ3) is 4.61. The van der Waals surface area contributed by atoms with Gasteiger partial charge in [-0.05, 0) is 6.92 Å². The molecular formula is C4H7AlO2Ti. The van der Waals surface area contributed by atoms with Crippen LogP contribution in [0.1, 0.15) is 6.92 Å². The van der Waals surface area contributed by atoms with Gasteiger partial charge in [-0.2, -0.15) is 0 Å². The first-order valence-electron chi connectivity index (χ1n) is 2.04. The fourth-order valence-corrected chi connectivity index (χ4v) is 0.370. The fraction of sp³-hybridized carbons (Fsp3) is 0.250. The van der Waals surface area contributed by atoms with E-state index in [0.29, 0.717) is 5.57 Å². The first kappa shape index (κ1) is 11.3. The van der Waals surface area contributed by atoms with Crippen molar-refractivity contribution in [3.63, 3.8) is 0 Å². The van der Waals surface area contributed by atoms with E-state index in [0.717, 1.165) is 16.3 Å². The standard InChI is InChI=1S/C4H5O2.Al.Ti.2H/c1-3(2)4(5)6;;;;/h1H,2H3,(H,5,6);;;;. The molecule has 1 N–H and O–H groups in total. The minimum absolute atomic E-state index is 0. The summed E-state index contributed by atoms with van der Waals surface area (Å²) in [4.78, 5) is 11.6. The Bertz CT molecular complexity index is 111. The van der Waals surface area contributed by atoms with Crippen LogP contribution in [0.15, 0.2) is 10.5 Å². The van der Waals surface area contributed by atoms with Crippen LogP contribution in [-0.4, -0.2) is 27.4 Å².